The van der Waals surface area contributed by atoms with Crippen LogP contribution in [0.3, 0.4) is 0 Å². The molecule has 0 aromatic heterocycles. The second-order valence-corrected chi connectivity index (χ2v) is 5.58. The summed E-state index contributed by atoms with van der Waals surface area (Å²) in [7, 11) is 0. The van der Waals surface area contributed by atoms with E-state index in [-0.39, 0.29) is 12.6 Å². The van der Waals surface area contributed by atoms with Gasteiger partial charge in [0.05, 0.1) is 17.3 Å². The van der Waals surface area contributed by atoms with Gasteiger partial charge in [0, 0.05) is 23.8 Å². The summed E-state index contributed by atoms with van der Waals surface area (Å²) in [6.07, 6.45) is 0.698. The molecule has 3 N–H and O–H groups in total. The largest absolute Gasteiger partial charge is 0.395 e. The summed E-state index contributed by atoms with van der Waals surface area (Å²) in [6.45, 7) is 4.68. The first-order valence-corrected chi connectivity index (χ1v) is 7.61. The summed E-state index contributed by atoms with van der Waals surface area (Å²) in [4.78, 5) is 13.6. The maximum absolute atomic E-state index is 11.5. The van der Waals surface area contributed by atoms with Crippen LogP contribution >= 0.6 is 11.6 Å². The highest BCUT2D eigenvalue weighted by Crippen LogP contribution is 2.39. The van der Waals surface area contributed by atoms with Gasteiger partial charge in [-0.15, -0.1) is 0 Å². The number of nitrogens with one attached hydrogen (secondary N) is 1. The lowest BCUT2D eigenvalue weighted by Gasteiger charge is -2.33. The van der Waals surface area contributed by atoms with Crippen molar-refractivity contribution in [3.8, 4) is 0 Å². The van der Waals surface area contributed by atoms with Crippen LogP contribution in [0.2, 0.25) is 5.02 Å². The molecule has 0 saturated heterocycles. The third-order valence-corrected chi connectivity index (χ3v) is 4.26. The van der Waals surface area contributed by atoms with E-state index in [1.54, 1.807) is 12.1 Å². The number of nitrogens with zero attached hydrogens (tertiary/aromatic N) is 1. The van der Waals surface area contributed by atoms with Crippen LogP contribution < -0.4 is 10.2 Å². The Hall–Kier alpha value is -1.30. The van der Waals surface area contributed by atoms with Gasteiger partial charge in [-0.3, -0.25) is 4.79 Å². The minimum absolute atomic E-state index is 0.0267. The number of rotatable bonds is 6. The van der Waals surface area contributed by atoms with E-state index in [0.29, 0.717) is 22.8 Å². The van der Waals surface area contributed by atoms with Crippen LogP contribution in [0.5, 0.6) is 0 Å². The maximum Gasteiger partial charge on any atom is 0.257 e. The third-order valence-electron chi connectivity index (χ3n) is 3.95. The second kappa shape index (κ2) is 6.64. The molecular formula is C15H21ClN2O3. The molecule has 0 saturated carbocycles. The topological polar surface area (TPSA) is 72.8 Å². The fraction of sp³-hybridized carbons (Fsp3) is 0.533. The summed E-state index contributed by atoms with van der Waals surface area (Å²) in [6, 6.07) is 3.66. The number of hydrogen-bond donors (Lipinski definition) is 3. The first-order chi connectivity index (χ1) is 10.0. The number of fused-ring (bicyclic) bond motifs is 1. The van der Waals surface area contributed by atoms with Gasteiger partial charge in [0.15, 0.2) is 6.10 Å². The molecule has 1 aliphatic heterocycles. The third kappa shape index (κ3) is 3.00. The lowest BCUT2D eigenvalue weighted by atomic mass is 10.1. The van der Waals surface area contributed by atoms with Crippen molar-refractivity contribution in [1.82, 2.24) is 0 Å². The van der Waals surface area contributed by atoms with Gasteiger partial charge in [0.2, 0.25) is 0 Å². The van der Waals surface area contributed by atoms with Crippen molar-refractivity contribution < 1.29 is 15.0 Å². The Morgan fingerprint density at radius 3 is 2.62 bits per heavy atom. The standard InChI is InChI=1S/C15H21ClN2O3/c1-3-9(4-2)18(5-6-19)13-8-12-10(7-11(13)16)14(20)15(21)17-12/h7-9,14,19-20H,3-6H2,1-2H3,(H,17,21). The maximum atomic E-state index is 11.5. The smallest absolute Gasteiger partial charge is 0.257 e. The van der Waals surface area contributed by atoms with E-state index in [9.17, 15) is 15.0 Å². The Labute approximate surface area is 129 Å². The van der Waals surface area contributed by atoms with Crippen LogP contribution in [-0.4, -0.2) is 35.3 Å². The van der Waals surface area contributed by atoms with Crippen LogP contribution in [0.15, 0.2) is 12.1 Å². The molecule has 0 spiro atoms. The summed E-state index contributed by atoms with van der Waals surface area (Å²) < 4.78 is 0. The zero-order valence-corrected chi connectivity index (χ0v) is 13.0. The Balaban J connectivity index is 2.43. The van der Waals surface area contributed by atoms with Crippen LogP contribution in [-0.2, 0) is 4.79 Å². The average molecular weight is 313 g/mol. The number of anilines is 2. The van der Waals surface area contributed by atoms with Gasteiger partial charge in [-0.1, -0.05) is 25.4 Å². The molecule has 1 unspecified atom stereocenters. The monoisotopic (exact) mass is 312 g/mol. The molecule has 1 amide bonds. The summed E-state index contributed by atoms with van der Waals surface area (Å²) in [5.74, 6) is -0.436. The van der Waals surface area contributed by atoms with E-state index in [4.69, 9.17) is 11.6 Å². The molecular weight excluding hydrogens is 292 g/mol. The molecule has 116 valence electrons. The normalized spacial score (nSPS) is 17.0. The van der Waals surface area contributed by atoms with Gasteiger partial charge in [-0.25, -0.2) is 0 Å². The molecule has 1 aromatic carbocycles. The molecule has 1 aromatic rings. The van der Waals surface area contributed by atoms with E-state index in [1.807, 2.05) is 0 Å². The van der Waals surface area contributed by atoms with Crippen molar-refractivity contribution in [3.05, 3.63) is 22.7 Å². The van der Waals surface area contributed by atoms with Crippen LogP contribution in [0.4, 0.5) is 11.4 Å². The number of aliphatic hydroxyl groups is 2. The van der Waals surface area contributed by atoms with Crippen LogP contribution in [0.1, 0.15) is 38.4 Å². The molecule has 0 fully saturated rings. The molecule has 1 aliphatic rings. The quantitative estimate of drug-likeness (QED) is 0.753. The van der Waals surface area contributed by atoms with E-state index in [2.05, 4.69) is 24.1 Å². The number of amides is 1. The minimum Gasteiger partial charge on any atom is -0.395 e. The van der Waals surface area contributed by atoms with Crippen molar-refractivity contribution in [2.24, 2.45) is 0 Å². The van der Waals surface area contributed by atoms with E-state index >= 15 is 0 Å². The fourth-order valence-electron chi connectivity index (χ4n) is 2.81. The average Bonchev–Trinajstić information content (AvgIpc) is 2.74. The molecule has 6 heteroatoms. The molecule has 1 heterocycles. The first kappa shape index (κ1) is 16.1. The Morgan fingerprint density at radius 1 is 1.38 bits per heavy atom. The number of benzene rings is 1. The second-order valence-electron chi connectivity index (χ2n) is 5.17. The highest BCUT2D eigenvalue weighted by Gasteiger charge is 2.30. The number of hydrogen-bond acceptors (Lipinski definition) is 4. The lowest BCUT2D eigenvalue weighted by Crippen LogP contribution is -2.37. The van der Waals surface area contributed by atoms with Gasteiger partial charge >= 0.3 is 0 Å². The Kier molecular flexibility index (Phi) is 5.08. The number of aliphatic hydroxyl groups excluding tert-OH is 2. The minimum atomic E-state index is -1.16. The van der Waals surface area contributed by atoms with Gasteiger partial charge in [-0.05, 0) is 25.0 Å². The van der Waals surface area contributed by atoms with Gasteiger partial charge in [0.25, 0.3) is 5.91 Å². The van der Waals surface area contributed by atoms with E-state index in [1.165, 1.54) is 0 Å². The van der Waals surface area contributed by atoms with E-state index < -0.39 is 12.0 Å². The summed E-state index contributed by atoms with van der Waals surface area (Å²) in [5.41, 5.74) is 1.86. The zero-order chi connectivity index (χ0) is 15.6. The molecule has 0 bridgehead atoms. The van der Waals surface area contributed by atoms with Crippen LogP contribution in [0, 0.1) is 0 Å². The number of carbonyl (C=O) groups excluding carboxylic acids is 1. The Morgan fingerprint density at radius 2 is 2.05 bits per heavy atom. The van der Waals surface area contributed by atoms with Gasteiger partial charge in [-0.2, -0.15) is 0 Å². The van der Waals surface area contributed by atoms with Crippen molar-refractivity contribution >= 4 is 28.9 Å². The molecule has 2 rings (SSSR count). The zero-order valence-electron chi connectivity index (χ0n) is 12.3. The molecule has 0 radical (unpaired) electrons. The fourth-order valence-corrected chi connectivity index (χ4v) is 3.09. The van der Waals surface area contributed by atoms with Gasteiger partial charge in [0.1, 0.15) is 0 Å². The van der Waals surface area contributed by atoms with Crippen molar-refractivity contribution in [1.29, 1.82) is 0 Å². The number of halogens is 1. The predicted molar refractivity (Wildman–Crippen MR) is 83.8 cm³/mol. The van der Waals surface area contributed by atoms with Crippen molar-refractivity contribution in [3.63, 3.8) is 0 Å². The summed E-state index contributed by atoms with van der Waals surface area (Å²) >= 11 is 6.34. The lowest BCUT2D eigenvalue weighted by molar-refractivity contribution is -0.123. The predicted octanol–water partition coefficient (Wildman–Crippen LogP) is 2.31. The highest BCUT2D eigenvalue weighted by atomic mass is 35.5. The molecule has 1 atom stereocenters. The SMILES string of the molecule is CCC(CC)N(CCO)c1cc2c(cc1Cl)C(O)C(=O)N2. The highest BCUT2D eigenvalue weighted by molar-refractivity contribution is 6.33. The molecule has 0 aliphatic carbocycles. The van der Waals surface area contributed by atoms with Crippen molar-refractivity contribution in [2.75, 3.05) is 23.4 Å². The first-order valence-electron chi connectivity index (χ1n) is 7.23. The molecule has 21 heavy (non-hydrogen) atoms. The molecule has 5 nitrogen and oxygen atoms in total. The van der Waals surface area contributed by atoms with Crippen LogP contribution in [0.25, 0.3) is 0 Å². The Bertz CT molecular complexity index is 532. The summed E-state index contributed by atoms with van der Waals surface area (Å²) in [5, 5.41) is 22.2. The van der Waals surface area contributed by atoms with E-state index in [0.717, 1.165) is 18.5 Å². The number of carbonyl (C=O) groups is 1. The van der Waals surface area contributed by atoms with Gasteiger partial charge < -0.3 is 20.4 Å². The van der Waals surface area contributed by atoms with Crippen molar-refractivity contribution in [2.45, 2.75) is 38.8 Å².